The van der Waals surface area contributed by atoms with Crippen LogP contribution in [0.15, 0.2) is 23.3 Å². The summed E-state index contributed by atoms with van der Waals surface area (Å²) in [6.07, 6.45) is 2.65. The Balaban J connectivity index is 2.91. The molecular formula is C9H7F2N3O. The highest BCUT2D eigenvalue weighted by Gasteiger charge is 2.10. The molecule has 15 heavy (non-hydrogen) atoms. The normalized spacial score (nSPS) is 10.3. The van der Waals surface area contributed by atoms with Crippen LogP contribution in [0.25, 0.3) is 16.5 Å². The number of nitrogens with zero attached hydrogens (tertiary/aromatic N) is 3. The summed E-state index contributed by atoms with van der Waals surface area (Å²) in [7, 11) is 0. The number of hydrogen-bond acceptors (Lipinski definition) is 2. The Labute approximate surface area is 84.1 Å². The average Bonchev–Trinajstić information content (AvgIpc) is 2.24. The van der Waals surface area contributed by atoms with E-state index in [0.29, 0.717) is 0 Å². The van der Waals surface area contributed by atoms with Crippen molar-refractivity contribution in [2.24, 2.45) is 5.11 Å². The summed E-state index contributed by atoms with van der Waals surface area (Å²) < 4.78 is 25.9. The maximum Gasteiger partial charge on any atom is 0.200 e. The van der Waals surface area contributed by atoms with Gasteiger partial charge in [-0.25, -0.2) is 4.39 Å². The van der Waals surface area contributed by atoms with Crippen molar-refractivity contribution >= 4 is 6.08 Å². The van der Waals surface area contributed by atoms with Crippen LogP contribution in [-0.4, -0.2) is 11.7 Å². The van der Waals surface area contributed by atoms with Crippen LogP contribution >= 0.6 is 0 Å². The summed E-state index contributed by atoms with van der Waals surface area (Å²) in [4.78, 5) is 2.49. The van der Waals surface area contributed by atoms with Crippen molar-refractivity contribution in [3.8, 4) is 5.75 Å². The van der Waals surface area contributed by atoms with Crippen LogP contribution < -0.4 is 0 Å². The van der Waals surface area contributed by atoms with Crippen molar-refractivity contribution in [1.82, 2.24) is 0 Å². The third kappa shape index (κ3) is 2.69. The number of phenols is 1. The summed E-state index contributed by atoms with van der Waals surface area (Å²) in [6.45, 7) is 0.0540. The summed E-state index contributed by atoms with van der Waals surface area (Å²) >= 11 is 0. The van der Waals surface area contributed by atoms with Gasteiger partial charge in [-0.05, 0) is 17.7 Å². The molecule has 0 aliphatic heterocycles. The number of rotatable bonds is 3. The van der Waals surface area contributed by atoms with E-state index in [1.165, 1.54) is 18.2 Å². The van der Waals surface area contributed by atoms with Crippen molar-refractivity contribution in [1.29, 1.82) is 0 Å². The molecule has 0 saturated carbocycles. The predicted octanol–water partition coefficient (Wildman–Crippen LogP) is 2.99. The van der Waals surface area contributed by atoms with Crippen LogP contribution in [0.3, 0.4) is 0 Å². The maximum atomic E-state index is 13.1. The van der Waals surface area contributed by atoms with Crippen LogP contribution in [0, 0.1) is 11.6 Å². The highest BCUT2D eigenvalue weighted by Crippen LogP contribution is 2.21. The Morgan fingerprint density at radius 1 is 1.40 bits per heavy atom. The van der Waals surface area contributed by atoms with Gasteiger partial charge in [0, 0.05) is 17.0 Å². The van der Waals surface area contributed by atoms with E-state index in [-0.39, 0.29) is 12.1 Å². The minimum Gasteiger partial charge on any atom is -0.505 e. The lowest BCUT2D eigenvalue weighted by Crippen LogP contribution is -1.88. The molecule has 0 spiro atoms. The number of halogens is 2. The molecule has 4 nitrogen and oxygen atoms in total. The molecule has 1 N–H and O–H groups in total. The molecule has 0 heterocycles. The summed E-state index contributed by atoms with van der Waals surface area (Å²) in [5.41, 5.74) is 7.94. The van der Waals surface area contributed by atoms with Crippen molar-refractivity contribution in [3.63, 3.8) is 0 Å². The third-order valence-corrected chi connectivity index (χ3v) is 1.64. The zero-order valence-corrected chi connectivity index (χ0v) is 7.56. The number of aromatic hydroxyl groups is 1. The Hall–Kier alpha value is -2.07. The largest absolute Gasteiger partial charge is 0.505 e. The molecule has 1 rings (SSSR count). The van der Waals surface area contributed by atoms with E-state index in [4.69, 9.17) is 10.6 Å². The zero-order valence-electron chi connectivity index (χ0n) is 7.56. The van der Waals surface area contributed by atoms with Crippen LogP contribution in [0.5, 0.6) is 5.75 Å². The average molecular weight is 211 g/mol. The molecule has 0 fully saturated rings. The molecule has 6 heteroatoms. The van der Waals surface area contributed by atoms with Crippen molar-refractivity contribution < 1.29 is 13.9 Å². The molecule has 0 radical (unpaired) electrons. The third-order valence-electron chi connectivity index (χ3n) is 1.64. The molecule has 78 valence electrons. The van der Waals surface area contributed by atoms with Crippen LogP contribution in [0.1, 0.15) is 5.56 Å². The Kier molecular flexibility index (Phi) is 3.65. The molecule has 0 atom stereocenters. The van der Waals surface area contributed by atoms with E-state index < -0.39 is 17.4 Å². The lowest BCUT2D eigenvalue weighted by molar-refractivity contribution is 0.406. The lowest BCUT2D eigenvalue weighted by Gasteiger charge is -1.99. The van der Waals surface area contributed by atoms with Gasteiger partial charge in [-0.1, -0.05) is 17.3 Å². The molecule has 1 aromatic rings. The smallest absolute Gasteiger partial charge is 0.200 e. The number of hydrogen-bond donors (Lipinski definition) is 1. The summed E-state index contributed by atoms with van der Waals surface area (Å²) in [5.74, 6) is -3.16. The molecule has 0 aliphatic rings. The van der Waals surface area contributed by atoms with Crippen LogP contribution in [-0.2, 0) is 0 Å². The fourth-order valence-corrected chi connectivity index (χ4v) is 0.946. The second-order valence-corrected chi connectivity index (χ2v) is 2.62. The molecule has 0 aliphatic carbocycles. The quantitative estimate of drug-likeness (QED) is 0.466. The first kappa shape index (κ1) is 11.0. The first-order valence-electron chi connectivity index (χ1n) is 4.01. The molecule has 0 amide bonds. The van der Waals surface area contributed by atoms with Crippen molar-refractivity contribution in [3.05, 3.63) is 45.8 Å². The van der Waals surface area contributed by atoms with Gasteiger partial charge in [-0.2, -0.15) is 4.39 Å². The van der Waals surface area contributed by atoms with Gasteiger partial charge in [0.25, 0.3) is 0 Å². The summed E-state index contributed by atoms with van der Waals surface area (Å²) in [6, 6.07) is 2.27. The van der Waals surface area contributed by atoms with E-state index in [2.05, 4.69) is 10.0 Å². The first-order valence-corrected chi connectivity index (χ1v) is 4.01. The lowest BCUT2D eigenvalue weighted by atomic mass is 10.2. The van der Waals surface area contributed by atoms with E-state index in [9.17, 15) is 8.78 Å². The van der Waals surface area contributed by atoms with Gasteiger partial charge in [0.1, 0.15) is 0 Å². The second kappa shape index (κ2) is 4.97. The molecule has 1 aromatic carbocycles. The Morgan fingerprint density at radius 2 is 2.13 bits per heavy atom. The fourth-order valence-electron chi connectivity index (χ4n) is 0.946. The Morgan fingerprint density at radius 3 is 2.80 bits per heavy atom. The van der Waals surface area contributed by atoms with Crippen LogP contribution in [0.2, 0.25) is 0 Å². The minimum absolute atomic E-state index is 0.0153. The van der Waals surface area contributed by atoms with Gasteiger partial charge < -0.3 is 5.11 Å². The standard InChI is InChI=1S/C9H7F2N3O/c10-8-6(2-1-5-13-14-12)3-4-7(15)9(8)11/h1-4,15H,5H2. The van der Waals surface area contributed by atoms with Crippen molar-refractivity contribution in [2.45, 2.75) is 0 Å². The van der Waals surface area contributed by atoms with Gasteiger partial charge in [0.05, 0.1) is 0 Å². The minimum atomic E-state index is -1.29. The van der Waals surface area contributed by atoms with Gasteiger partial charge in [-0.15, -0.1) is 0 Å². The number of phenolic OH excluding ortho intramolecular Hbond substituents is 1. The molecular weight excluding hydrogens is 204 g/mol. The Bertz CT molecular complexity index is 439. The summed E-state index contributed by atoms with van der Waals surface area (Å²) in [5, 5.41) is 12.0. The number of azide groups is 1. The zero-order chi connectivity index (χ0) is 11.3. The van der Waals surface area contributed by atoms with Gasteiger partial charge >= 0.3 is 0 Å². The van der Waals surface area contributed by atoms with Gasteiger partial charge in [0.2, 0.25) is 5.82 Å². The first-order chi connectivity index (χ1) is 7.16. The predicted molar refractivity (Wildman–Crippen MR) is 51.1 cm³/mol. The van der Waals surface area contributed by atoms with Gasteiger partial charge in [0.15, 0.2) is 11.6 Å². The van der Waals surface area contributed by atoms with Gasteiger partial charge in [-0.3, -0.25) is 0 Å². The topological polar surface area (TPSA) is 69.0 Å². The van der Waals surface area contributed by atoms with E-state index >= 15 is 0 Å². The SMILES string of the molecule is [N-]=[N+]=NCC=Cc1ccc(O)c(F)c1F. The van der Waals surface area contributed by atoms with E-state index in [0.717, 1.165) is 6.07 Å². The molecule has 0 saturated heterocycles. The fraction of sp³-hybridized carbons (Fsp3) is 0.111. The highest BCUT2D eigenvalue weighted by atomic mass is 19.2. The van der Waals surface area contributed by atoms with Crippen molar-refractivity contribution in [2.75, 3.05) is 6.54 Å². The van der Waals surface area contributed by atoms with Crippen LogP contribution in [0.4, 0.5) is 8.78 Å². The molecule has 0 bridgehead atoms. The maximum absolute atomic E-state index is 13.1. The molecule has 0 aromatic heterocycles. The second-order valence-electron chi connectivity index (χ2n) is 2.62. The highest BCUT2D eigenvalue weighted by molar-refractivity contribution is 5.52. The molecule has 0 unspecified atom stereocenters. The monoisotopic (exact) mass is 211 g/mol. The van der Waals surface area contributed by atoms with E-state index in [1.807, 2.05) is 0 Å². The number of benzene rings is 1. The van der Waals surface area contributed by atoms with E-state index in [1.54, 1.807) is 0 Å².